The van der Waals surface area contributed by atoms with Crippen LogP contribution in [0.2, 0.25) is 0 Å². The maximum absolute atomic E-state index is 5.36. The van der Waals surface area contributed by atoms with Crippen LogP contribution in [0.3, 0.4) is 0 Å². The summed E-state index contributed by atoms with van der Waals surface area (Å²) in [5, 5.41) is 5.82. The molecule has 0 aliphatic carbocycles. The van der Waals surface area contributed by atoms with E-state index in [2.05, 4.69) is 132 Å². The van der Waals surface area contributed by atoms with E-state index in [0.717, 1.165) is 70.9 Å². The fourth-order valence-electron chi connectivity index (χ4n) is 8.93. The summed E-state index contributed by atoms with van der Waals surface area (Å²) in [5.74, 6) is 2.44. The largest absolute Gasteiger partial charge is 0.278 e. The highest BCUT2D eigenvalue weighted by Gasteiger charge is 2.22. The Hall–Kier alpha value is -7.91. The van der Waals surface area contributed by atoms with E-state index in [0.29, 0.717) is 23.4 Å². The quantitative estimate of drug-likeness (QED) is 0.167. The molecule has 0 saturated heterocycles. The summed E-state index contributed by atoms with van der Waals surface area (Å²) in [4.78, 5) is 26.2. The Labute approximate surface area is 369 Å². The number of benzene rings is 8. The van der Waals surface area contributed by atoms with Crippen LogP contribution in [-0.2, 0) is 0 Å². The van der Waals surface area contributed by atoms with E-state index in [1.165, 1.54) is 30.4 Å². The van der Waals surface area contributed by atoms with E-state index in [9.17, 15) is 0 Å². The second-order valence-corrected chi connectivity index (χ2v) is 17.7. The molecule has 0 unspecified atom stereocenters. The molecule has 5 heterocycles. The summed E-state index contributed by atoms with van der Waals surface area (Å²) in [6.07, 6.45) is 0. The minimum atomic E-state index is 0.545. The smallest absolute Gasteiger partial charge is 0.238 e. The lowest BCUT2D eigenvalue weighted by Gasteiger charge is -2.11. The van der Waals surface area contributed by atoms with Crippen LogP contribution < -0.4 is 0 Å². The number of hydrogen-bond donors (Lipinski definition) is 0. The second kappa shape index (κ2) is 14.3. The molecular weight excluding hydrogens is 809 g/mol. The van der Waals surface area contributed by atoms with Gasteiger partial charge in [-0.3, -0.25) is 4.57 Å². The third-order valence-corrected chi connectivity index (χ3v) is 14.3. The van der Waals surface area contributed by atoms with Crippen molar-refractivity contribution in [1.82, 2.24) is 29.5 Å². The number of thiophene rings is 2. The van der Waals surface area contributed by atoms with Gasteiger partial charge in [0.2, 0.25) is 5.95 Å². The monoisotopic (exact) mass is 840 g/mol. The van der Waals surface area contributed by atoms with Gasteiger partial charge in [0.15, 0.2) is 17.5 Å². The van der Waals surface area contributed by atoms with Crippen molar-refractivity contribution in [3.05, 3.63) is 194 Å². The van der Waals surface area contributed by atoms with Gasteiger partial charge >= 0.3 is 0 Å². The molecule has 294 valence electrons. The molecule has 0 bridgehead atoms. The Balaban J connectivity index is 1.09. The molecule has 63 heavy (non-hydrogen) atoms. The van der Waals surface area contributed by atoms with Gasteiger partial charge in [-0.2, -0.15) is 9.97 Å². The Bertz CT molecular complexity index is 3850. The number of aromatic nitrogens is 6. The zero-order valence-corrected chi connectivity index (χ0v) is 35.1. The molecule has 6 nitrogen and oxygen atoms in total. The highest BCUT2D eigenvalue weighted by Crippen LogP contribution is 2.44. The molecule has 13 aromatic rings. The zero-order valence-electron chi connectivity index (χ0n) is 33.5. The first-order valence-corrected chi connectivity index (χ1v) is 22.5. The summed E-state index contributed by atoms with van der Waals surface area (Å²) in [6, 6.07) is 67.9. The van der Waals surface area contributed by atoms with Gasteiger partial charge in [-0.05, 0) is 53.6 Å². The predicted molar refractivity (Wildman–Crippen MR) is 263 cm³/mol. The molecule has 0 aliphatic heterocycles. The van der Waals surface area contributed by atoms with E-state index in [1.54, 1.807) is 11.3 Å². The molecular formula is C55H32N6S2. The summed E-state index contributed by atoms with van der Waals surface area (Å²) in [7, 11) is 0. The third kappa shape index (κ3) is 5.87. The minimum Gasteiger partial charge on any atom is -0.278 e. The molecule has 0 N–H and O–H groups in total. The van der Waals surface area contributed by atoms with Crippen molar-refractivity contribution < 1.29 is 0 Å². The minimum absolute atomic E-state index is 0.545. The lowest BCUT2D eigenvalue weighted by atomic mass is 10.00. The standard InChI is InChI=1S/C55H32N6S2/c1-4-15-33(16-5-1)48-51-49(41-22-11-13-26-47(41)63-51)57-54(56-48)37-28-30-45-43(32-37)42-31-36(38-23-14-24-40-39-21-10-12-25-46(39)62-50(38)40)27-29-44(42)61(45)55-59-52(34-17-6-2-7-18-34)58-53(60-55)35-19-8-3-9-20-35/h1-32H. The first-order chi connectivity index (χ1) is 31.2. The van der Waals surface area contributed by atoms with E-state index in [4.69, 9.17) is 24.9 Å². The SMILES string of the molecule is c1ccc(-c2nc(-c3ccccc3)nc(-n3c4ccc(-c5nc(-c6ccccc6)c6sc7ccccc7c6n5)cc4c4cc(-c5cccc6c5sc5ccccc56)ccc43)n2)cc1. The topological polar surface area (TPSA) is 69.4 Å². The lowest BCUT2D eigenvalue weighted by Crippen LogP contribution is -2.06. The van der Waals surface area contributed by atoms with Gasteiger partial charge in [0, 0.05) is 63.3 Å². The van der Waals surface area contributed by atoms with Gasteiger partial charge in [-0.1, -0.05) is 152 Å². The number of nitrogens with zero attached hydrogens (tertiary/aromatic N) is 6. The van der Waals surface area contributed by atoms with Gasteiger partial charge < -0.3 is 0 Å². The first-order valence-electron chi connectivity index (χ1n) is 20.8. The average molecular weight is 841 g/mol. The van der Waals surface area contributed by atoms with Crippen LogP contribution in [-0.4, -0.2) is 29.5 Å². The van der Waals surface area contributed by atoms with Crippen LogP contribution in [0.5, 0.6) is 0 Å². The molecule has 0 atom stereocenters. The first kappa shape index (κ1) is 35.8. The van der Waals surface area contributed by atoms with Gasteiger partial charge in [0.25, 0.3) is 0 Å². The van der Waals surface area contributed by atoms with Crippen molar-refractivity contribution in [3.8, 4) is 62.5 Å². The highest BCUT2D eigenvalue weighted by atomic mass is 32.1. The van der Waals surface area contributed by atoms with E-state index >= 15 is 0 Å². The molecule has 0 aliphatic rings. The number of hydrogen-bond acceptors (Lipinski definition) is 7. The highest BCUT2D eigenvalue weighted by molar-refractivity contribution is 7.26. The third-order valence-electron chi connectivity index (χ3n) is 11.9. The molecule has 0 radical (unpaired) electrons. The molecule has 13 rings (SSSR count). The van der Waals surface area contributed by atoms with E-state index in [1.807, 2.05) is 78.1 Å². The van der Waals surface area contributed by atoms with Crippen molar-refractivity contribution >= 4 is 85.0 Å². The summed E-state index contributed by atoms with van der Waals surface area (Å²) in [5.41, 5.74) is 10.0. The van der Waals surface area contributed by atoms with Crippen molar-refractivity contribution in [2.24, 2.45) is 0 Å². The van der Waals surface area contributed by atoms with Crippen LogP contribution in [0.4, 0.5) is 0 Å². The molecule has 0 spiro atoms. The fourth-order valence-corrected chi connectivity index (χ4v) is 11.3. The Kier molecular flexibility index (Phi) is 8.15. The number of rotatable bonds is 6. The van der Waals surface area contributed by atoms with Crippen LogP contribution >= 0.6 is 22.7 Å². The Morgan fingerprint density at radius 3 is 1.54 bits per heavy atom. The maximum atomic E-state index is 5.36. The molecule has 0 fully saturated rings. The van der Waals surface area contributed by atoms with E-state index in [-0.39, 0.29) is 0 Å². The van der Waals surface area contributed by atoms with Crippen LogP contribution in [0.25, 0.3) is 125 Å². The van der Waals surface area contributed by atoms with Crippen molar-refractivity contribution in [3.63, 3.8) is 0 Å². The van der Waals surface area contributed by atoms with Crippen LogP contribution in [0, 0.1) is 0 Å². The predicted octanol–water partition coefficient (Wildman–Crippen LogP) is 14.8. The summed E-state index contributed by atoms with van der Waals surface area (Å²) in [6.45, 7) is 0. The summed E-state index contributed by atoms with van der Waals surface area (Å²) >= 11 is 3.59. The van der Waals surface area contributed by atoms with Crippen LogP contribution in [0.15, 0.2) is 194 Å². The van der Waals surface area contributed by atoms with Crippen molar-refractivity contribution in [2.45, 2.75) is 0 Å². The van der Waals surface area contributed by atoms with Crippen LogP contribution in [0.1, 0.15) is 0 Å². The normalized spacial score (nSPS) is 11.8. The average Bonchev–Trinajstić information content (AvgIpc) is 4.04. The molecule has 0 amide bonds. The van der Waals surface area contributed by atoms with Gasteiger partial charge in [0.1, 0.15) is 0 Å². The molecule has 5 aromatic heterocycles. The molecule has 8 aromatic carbocycles. The van der Waals surface area contributed by atoms with Gasteiger partial charge in [-0.25, -0.2) is 15.0 Å². The van der Waals surface area contributed by atoms with E-state index < -0.39 is 0 Å². The second-order valence-electron chi connectivity index (χ2n) is 15.6. The fraction of sp³-hybridized carbons (Fsp3) is 0. The van der Waals surface area contributed by atoms with Crippen molar-refractivity contribution in [2.75, 3.05) is 0 Å². The maximum Gasteiger partial charge on any atom is 0.238 e. The zero-order chi connectivity index (χ0) is 41.4. The summed E-state index contributed by atoms with van der Waals surface area (Å²) < 4.78 is 7.02. The van der Waals surface area contributed by atoms with Crippen molar-refractivity contribution in [1.29, 1.82) is 0 Å². The Morgan fingerprint density at radius 1 is 0.333 bits per heavy atom. The molecule has 8 heteroatoms. The van der Waals surface area contributed by atoms with Gasteiger partial charge in [0.05, 0.1) is 26.9 Å². The lowest BCUT2D eigenvalue weighted by molar-refractivity contribution is 0.953. The Morgan fingerprint density at radius 2 is 0.857 bits per heavy atom. The molecule has 0 saturated carbocycles. The van der Waals surface area contributed by atoms with Gasteiger partial charge in [-0.15, -0.1) is 22.7 Å². The number of fused-ring (bicyclic) bond motifs is 9.